The minimum Gasteiger partial charge on any atom is -0.475 e. The second kappa shape index (κ2) is 4.13. The lowest BCUT2D eigenvalue weighted by Gasteiger charge is -2.18. The SMILES string of the molecule is CC1(C)OC(Cc2ccccc2)=C(C(=O)O)O1. The van der Waals surface area contributed by atoms with E-state index in [1.54, 1.807) is 13.8 Å². The maximum Gasteiger partial charge on any atom is 0.374 e. The van der Waals surface area contributed by atoms with Crippen molar-refractivity contribution in [3.63, 3.8) is 0 Å². The first-order valence-corrected chi connectivity index (χ1v) is 5.36. The van der Waals surface area contributed by atoms with Gasteiger partial charge in [0.1, 0.15) is 0 Å². The number of rotatable bonds is 3. The van der Waals surface area contributed by atoms with E-state index < -0.39 is 11.8 Å². The van der Waals surface area contributed by atoms with Crippen molar-refractivity contribution in [2.45, 2.75) is 26.1 Å². The van der Waals surface area contributed by atoms with Gasteiger partial charge in [0.25, 0.3) is 0 Å². The van der Waals surface area contributed by atoms with Crippen LogP contribution in [0.1, 0.15) is 19.4 Å². The van der Waals surface area contributed by atoms with Crippen LogP contribution >= 0.6 is 0 Å². The van der Waals surface area contributed by atoms with Crippen LogP contribution < -0.4 is 0 Å². The van der Waals surface area contributed by atoms with Crippen LogP contribution in [0.25, 0.3) is 0 Å². The summed E-state index contributed by atoms with van der Waals surface area (Å²) in [6, 6.07) is 9.54. The van der Waals surface area contributed by atoms with E-state index in [-0.39, 0.29) is 5.76 Å². The smallest absolute Gasteiger partial charge is 0.374 e. The first kappa shape index (κ1) is 11.5. The number of carbonyl (C=O) groups is 1. The molecular weight excluding hydrogens is 220 g/mol. The zero-order valence-electron chi connectivity index (χ0n) is 9.77. The maximum absolute atomic E-state index is 11.0. The molecule has 1 N–H and O–H groups in total. The van der Waals surface area contributed by atoms with Gasteiger partial charge < -0.3 is 14.6 Å². The van der Waals surface area contributed by atoms with Gasteiger partial charge in [-0.2, -0.15) is 0 Å². The Morgan fingerprint density at radius 3 is 2.47 bits per heavy atom. The molecule has 0 fully saturated rings. The number of benzene rings is 1. The Bertz CT molecular complexity index is 460. The second-order valence-corrected chi connectivity index (χ2v) is 4.32. The molecule has 0 amide bonds. The van der Waals surface area contributed by atoms with Crippen molar-refractivity contribution in [3.8, 4) is 0 Å². The molecule has 1 aromatic carbocycles. The quantitative estimate of drug-likeness (QED) is 0.871. The van der Waals surface area contributed by atoms with E-state index in [0.717, 1.165) is 5.56 Å². The predicted octanol–water partition coefficient (Wildman–Crippen LogP) is 2.31. The molecule has 0 atom stereocenters. The topological polar surface area (TPSA) is 55.8 Å². The molecule has 17 heavy (non-hydrogen) atoms. The Labute approximate surface area is 99.5 Å². The number of hydrogen-bond donors (Lipinski definition) is 1. The number of aliphatic carboxylic acids is 1. The van der Waals surface area contributed by atoms with Crippen LogP contribution in [0, 0.1) is 0 Å². The summed E-state index contributed by atoms with van der Waals surface area (Å²) in [6.07, 6.45) is 0.423. The summed E-state index contributed by atoms with van der Waals surface area (Å²) in [5.41, 5.74) is 0.988. The highest BCUT2D eigenvalue weighted by Crippen LogP contribution is 2.32. The van der Waals surface area contributed by atoms with E-state index >= 15 is 0 Å². The van der Waals surface area contributed by atoms with Gasteiger partial charge in [-0.05, 0) is 5.56 Å². The molecule has 1 aliphatic rings. The molecule has 0 aliphatic carbocycles. The molecule has 0 bridgehead atoms. The molecule has 0 aromatic heterocycles. The van der Waals surface area contributed by atoms with Crippen LogP contribution in [0.4, 0.5) is 0 Å². The third kappa shape index (κ3) is 2.58. The van der Waals surface area contributed by atoms with E-state index in [9.17, 15) is 4.79 Å². The van der Waals surface area contributed by atoms with Crippen molar-refractivity contribution in [1.82, 2.24) is 0 Å². The zero-order chi connectivity index (χ0) is 12.5. The maximum atomic E-state index is 11.0. The summed E-state index contributed by atoms with van der Waals surface area (Å²) in [6.45, 7) is 3.38. The Morgan fingerprint density at radius 2 is 1.88 bits per heavy atom. The van der Waals surface area contributed by atoms with Crippen molar-refractivity contribution < 1.29 is 19.4 Å². The van der Waals surface area contributed by atoms with Crippen LogP contribution in [-0.4, -0.2) is 16.9 Å². The number of carboxylic acids is 1. The monoisotopic (exact) mass is 234 g/mol. The van der Waals surface area contributed by atoms with Crippen molar-refractivity contribution in [3.05, 3.63) is 47.4 Å². The number of hydrogen-bond acceptors (Lipinski definition) is 3. The average Bonchev–Trinajstić information content (AvgIpc) is 2.55. The van der Waals surface area contributed by atoms with Crippen LogP contribution in [-0.2, 0) is 20.7 Å². The Balaban J connectivity index is 2.24. The van der Waals surface area contributed by atoms with Gasteiger partial charge in [-0.25, -0.2) is 4.79 Å². The standard InChI is InChI=1S/C13H14O4/c1-13(2)16-10(11(17-13)12(14)15)8-9-6-4-3-5-7-9/h3-7H,8H2,1-2H3,(H,14,15). The third-order valence-corrected chi connectivity index (χ3v) is 2.37. The molecular formula is C13H14O4. The molecule has 0 radical (unpaired) electrons. The fourth-order valence-corrected chi connectivity index (χ4v) is 1.73. The molecule has 1 aromatic rings. The zero-order valence-corrected chi connectivity index (χ0v) is 9.77. The summed E-state index contributed by atoms with van der Waals surface area (Å²) in [4.78, 5) is 11.0. The summed E-state index contributed by atoms with van der Waals surface area (Å²) in [5.74, 6) is -1.73. The second-order valence-electron chi connectivity index (χ2n) is 4.32. The molecule has 0 spiro atoms. The van der Waals surface area contributed by atoms with Crippen LogP contribution in [0.3, 0.4) is 0 Å². The molecule has 1 heterocycles. The van der Waals surface area contributed by atoms with Gasteiger partial charge in [0.15, 0.2) is 5.76 Å². The molecule has 0 saturated carbocycles. The molecule has 2 rings (SSSR count). The van der Waals surface area contributed by atoms with Gasteiger partial charge in [-0.3, -0.25) is 0 Å². The largest absolute Gasteiger partial charge is 0.475 e. The van der Waals surface area contributed by atoms with Crippen molar-refractivity contribution in [2.24, 2.45) is 0 Å². The summed E-state index contributed by atoms with van der Waals surface area (Å²) in [7, 11) is 0. The van der Waals surface area contributed by atoms with Gasteiger partial charge in [0.05, 0.1) is 0 Å². The predicted molar refractivity (Wildman–Crippen MR) is 61.1 cm³/mol. The van der Waals surface area contributed by atoms with Gasteiger partial charge in [0.2, 0.25) is 11.5 Å². The highest BCUT2D eigenvalue weighted by Gasteiger charge is 2.37. The number of carboxylic acid groups (broad SMARTS) is 1. The summed E-state index contributed by atoms with van der Waals surface area (Å²) in [5, 5.41) is 9.03. The first-order valence-electron chi connectivity index (χ1n) is 5.36. The van der Waals surface area contributed by atoms with Gasteiger partial charge in [0, 0.05) is 20.3 Å². The minimum atomic E-state index is -1.10. The molecule has 0 saturated heterocycles. The van der Waals surface area contributed by atoms with Gasteiger partial charge >= 0.3 is 5.97 Å². The van der Waals surface area contributed by atoms with E-state index in [1.165, 1.54) is 0 Å². The highest BCUT2D eigenvalue weighted by molar-refractivity contribution is 5.85. The lowest BCUT2D eigenvalue weighted by molar-refractivity contribution is -0.150. The van der Waals surface area contributed by atoms with Crippen molar-refractivity contribution in [1.29, 1.82) is 0 Å². The van der Waals surface area contributed by atoms with E-state index in [0.29, 0.717) is 12.2 Å². The van der Waals surface area contributed by atoms with E-state index in [1.807, 2.05) is 30.3 Å². The minimum absolute atomic E-state index is 0.0983. The summed E-state index contributed by atoms with van der Waals surface area (Å²) >= 11 is 0. The Hall–Kier alpha value is -1.97. The normalized spacial score (nSPS) is 17.5. The average molecular weight is 234 g/mol. The van der Waals surface area contributed by atoms with Crippen LogP contribution in [0.2, 0.25) is 0 Å². The van der Waals surface area contributed by atoms with Crippen molar-refractivity contribution >= 4 is 5.97 Å². The molecule has 90 valence electrons. The lowest BCUT2D eigenvalue weighted by atomic mass is 10.1. The first-order chi connectivity index (χ1) is 7.98. The number of allylic oxidation sites excluding steroid dienone is 1. The molecule has 4 heteroatoms. The van der Waals surface area contributed by atoms with E-state index in [4.69, 9.17) is 14.6 Å². The fraction of sp³-hybridized carbons (Fsp3) is 0.308. The summed E-state index contributed by atoms with van der Waals surface area (Å²) < 4.78 is 10.8. The third-order valence-electron chi connectivity index (χ3n) is 2.37. The van der Waals surface area contributed by atoms with Gasteiger partial charge in [-0.15, -0.1) is 0 Å². The molecule has 0 unspecified atom stereocenters. The number of ether oxygens (including phenoxy) is 2. The molecule has 4 nitrogen and oxygen atoms in total. The fourth-order valence-electron chi connectivity index (χ4n) is 1.73. The van der Waals surface area contributed by atoms with E-state index in [2.05, 4.69) is 0 Å². The highest BCUT2D eigenvalue weighted by atomic mass is 16.7. The van der Waals surface area contributed by atoms with Crippen LogP contribution in [0.5, 0.6) is 0 Å². The van der Waals surface area contributed by atoms with Gasteiger partial charge in [-0.1, -0.05) is 30.3 Å². The lowest BCUT2D eigenvalue weighted by Crippen LogP contribution is -2.22. The molecule has 1 aliphatic heterocycles. The van der Waals surface area contributed by atoms with Crippen molar-refractivity contribution in [2.75, 3.05) is 0 Å². The Kier molecular flexibility index (Phi) is 2.79. The Morgan fingerprint density at radius 1 is 1.24 bits per heavy atom. The van der Waals surface area contributed by atoms with Crippen LogP contribution in [0.15, 0.2) is 41.9 Å².